The molecule has 2 aromatic carbocycles. The number of rotatable bonds is 4. The summed E-state index contributed by atoms with van der Waals surface area (Å²) in [5, 5.41) is 10.00. The molecule has 1 fully saturated rings. The van der Waals surface area contributed by atoms with Crippen molar-refractivity contribution in [2.75, 3.05) is 32.7 Å². The molecule has 0 bridgehead atoms. The predicted molar refractivity (Wildman–Crippen MR) is 132 cm³/mol. The number of carbonyl (C=O) groups is 1. The lowest BCUT2D eigenvalue weighted by Gasteiger charge is -2.33. The number of benzene rings is 2. The molecular weight excluding hydrogens is 451 g/mol. The van der Waals surface area contributed by atoms with E-state index in [1.807, 2.05) is 31.2 Å². The number of aryl methyl sites for hydroxylation is 1. The molecule has 0 radical (unpaired) electrons. The van der Waals surface area contributed by atoms with Gasteiger partial charge >= 0.3 is 0 Å². The van der Waals surface area contributed by atoms with Crippen LogP contribution < -0.4 is 14.8 Å². The molecule has 34 heavy (non-hydrogen) atoms. The topological polar surface area (TPSA) is 69.3 Å². The maximum absolute atomic E-state index is 13.6. The minimum Gasteiger partial charge on any atom is -0.335 e. The second-order valence-electron chi connectivity index (χ2n) is 8.16. The van der Waals surface area contributed by atoms with E-state index < -0.39 is 11.7 Å². The maximum atomic E-state index is 13.6. The van der Waals surface area contributed by atoms with E-state index in [9.17, 15) is 19.2 Å². The smallest absolute Gasteiger partial charge is 0.273 e. The summed E-state index contributed by atoms with van der Waals surface area (Å²) in [7, 11) is 0. The van der Waals surface area contributed by atoms with Gasteiger partial charge in [-0.1, -0.05) is 36.8 Å². The van der Waals surface area contributed by atoms with Crippen LogP contribution in [-0.2, 0) is 4.79 Å². The minimum absolute atomic E-state index is 0.0831. The molecule has 3 aromatic rings. The SMILES string of the molecule is CCN1CCN(C(=O)/C(C#N)=c2/s/c(=C\c3cccc(C)c3)c(=O)n2-c2ccc(F)cc2)CC1. The Morgan fingerprint density at radius 3 is 2.47 bits per heavy atom. The van der Waals surface area contributed by atoms with E-state index in [0.717, 1.165) is 42.1 Å². The van der Waals surface area contributed by atoms with Gasteiger partial charge in [0.1, 0.15) is 16.5 Å². The van der Waals surface area contributed by atoms with E-state index in [1.54, 1.807) is 11.0 Å². The van der Waals surface area contributed by atoms with Gasteiger partial charge in [-0.2, -0.15) is 5.26 Å². The summed E-state index contributed by atoms with van der Waals surface area (Å²) in [4.78, 5) is 30.7. The third kappa shape index (κ3) is 4.86. The van der Waals surface area contributed by atoms with Crippen molar-refractivity contribution in [3.05, 3.63) is 85.0 Å². The summed E-state index contributed by atoms with van der Waals surface area (Å²) >= 11 is 1.10. The second-order valence-corrected chi connectivity index (χ2v) is 9.19. The van der Waals surface area contributed by atoms with E-state index in [0.29, 0.717) is 23.3 Å². The molecular formula is C26H25FN4O2S. The minimum atomic E-state index is -0.436. The Morgan fingerprint density at radius 1 is 1.15 bits per heavy atom. The zero-order valence-corrected chi connectivity index (χ0v) is 19.9. The van der Waals surface area contributed by atoms with Crippen molar-refractivity contribution in [1.29, 1.82) is 5.26 Å². The molecule has 8 heteroatoms. The summed E-state index contributed by atoms with van der Waals surface area (Å²) in [5.74, 6) is -0.827. The molecule has 0 saturated carbocycles. The average Bonchev–Trinajstić information content (AvgIpc) is 3.15. The van der Waals surface area contributed by atoms with Crippen LogP contribution in [0.5, 0.6) is 0 Å². The summed E-state index contributed by atoms with van der Waals surface area (Å²) in [6, 6.07) is 15.2. The number of hydrogen-bond donors (Lipinski definition) is 0. The fourth-order valence-electron chi connectivity index (χ4n) is 4.00. The lowest BCUT2D eigenvalue weighted by molar-refractivity contribution is -0.126. The molecule has 1 aliphatic rings. The van der Waals surface area contributed by atoms with Crippen molar-refractivity contribution in [1.82, 2.24) is 14.4 Å². The molecule has 6 nitrogen and oxygen atoms in total. The molecule has 174 valence electrons. The molecule has 1 aromatic heterocycles. The van der Waals surface area contributed by atoms with Gasteiger partial charge in [0.15, 0.2) is 5.57 Å². The number of piperazine rings is 1. The van der Waals surface area contributed by atoms with Crippen molar-refractivity contribution in [2.45, 2.75) is 13.8 Å². The Kier molecular flexibility index (Phi) is 7.06. The van der Waals surface area contributed by atoms with E-state index in [1.165, 1.54) is 28.8 Å². The largest absolute Gasteiger partial charge is 0.335 e. The first-order valence-corrected chi connectivity index (χ1v) is 11.9. The lowest BCUT2D eigenvalue weighted by atomic mass is 10.1. The number of nitriles is 1. The third-order valence-electron chi connectivity index (χ3n) is 5.89. The Hall–Kier alpha value is -3.54. The molecule has 1 amide bonds. The first-order chi connectivity index (χ1) is 16.4. The molecule has 4 rings (SSSR count). The van der Waals surface area contributed by atoms with Crippen molar-refractivity contribution >= 4 is 28.9 Å². The normalized spacial score (nSPS) is 15.8. The molecule has 0 atom stereocenters. The van der Waals surface area contributed by atoms with Crippen LogP contribution >= 0.6 is 11.3 Å². The summed E-state index contributed by atoms with van der Waals surface area (Å²) in [6.07, 6.45) is 1.75. The molecule has 1 aliphatic heterocycles. The van der Waals surface area contributed by atoms with Gasteiger partial charge in [-0.15, -0.1) is 11.3 Å². The van der Waals surface area contributed by atoms with Crippen LogP contribution in [0.1, 0.15) is 18.1 Å². The molecule has 1 saturated heterocycles. The van der Waals surface area contributed by atoms with Gasteiger partial charge < -0.3 is 9.80 Å². The predicted octanol–water partition coefficient (Wildman–Crippen LogP) is 2.01. The maximum Gasteiger partial charge on any atom is 0.273 e. The Morgan fingerprint density at radius 2 is 1.85 bits per heavy atom. The highest BCUT2D eigenvalue weighted by atomic mass is 32.1. The van der Waals surface area contributed by atoms with Gasteiger partial charge in [0.25, 0.3) is 11.5 Å². The summed E-state index contributed by atoms with van der Waals surface area (Å²) < 4.78 is 15.6. The number of amides is 1. The van der Waals surface area contributed by atoms with Crippen LogP contribution in [0.15, 0.2) is 53.3 Å². The van der Waals surface area contributed by atoms with Gasteiger partial charge in [0.05, 0.1) is 10.2 Å². The van der Waals surface area contributed by atoms with Gasteiger partial charge in [0, 0.05) is 26.2 Å². The van der Waals surface area contributed by atoms with Gasteiger partial charge in [0.2, 0.25) is 0 Å². The standard InChI is InChI=1S/C26H25FN4O2S/c1-3-29-11-13-30(14-12-29)24(32)22(17-28)26-31(21-9-7-20(27)8-10-21)25(33)23(34-26)16-19-6-4-5-18(2)15-19/h4-10,15-16H,3,11-14H2,1-2H3/b23-16-,26-22+. The van der Waals surface area contributed by atoms with Crippen LogP contribution in [-0.4, -0.2) is 53.0 Å². The number of aromatic nitrogens is 1. The van der Waals surface area contributed by atoms with E-state index in [-0.39, 0.29) is 15.8 Å². The van der Waals surface area contributed by atoms with Gasteiger partial charge in [-0.3, -0.25) is 14.2 Å². The number of likely N-dealkylation sites (N-methyl/N-ethyl adjacent to an activating group) is 1. The number of thiazole rings is 1. The Labute approximate surface area is 201 Å². The lowest BCUT2D eigenvalue weighted by Crippen LogP contribution is -2.49. The van der Waals surface area contributed by atoms with Crippen molar-refractivity contribution in [3.63, 3.8) is 0 Å². The number of nitrogens with zero attached hydrogens (tertiary/aromatic N) is 4. The van der Waals surface area contributed by atoms with E-state index >= 15 is 0 Å². The molecule has 0 spiro atoms. The first kappa shape index (κ1) is 23.6. The summed E-state index contributed by atoms with van der Waals surface area (Å²) in [6.45, 7) is 7.46. The quantitative estimate of drug-likeness (QED) is 0.578. The van der Waals surface area contributed by atoms with Crippen LogP contribution in [0.2, 0.25) is 0 Å². The average molecular weight is 477 g/mol. The van der Waals surface area contributed by atoms with Crippen molar-refractivity contribution in [3.8, 4) is 11.8 Å². The van der Waals surface area contributed by atoms with E-state index in [2.05, 4.69) is 17.9 Å². The molecule has 0 unspecified atom stereocenters. The third-order valence-corrected chi connectivity index (χ3v) is 6.99. The van der Waals surface area contributed by atoms with Crippen LogP contribution in [0, 0.1) is 24.1 Å². The number of hydrogen-bond acceptors (Lipinski definition) is 5. The molecule has 0 N–H and O–H groups in total. The van der Waals surface area contributed by atoms with Crippen LogP contribution in [0.25, 0.3) is 17.3 Å². The molecule has 0 aliphatic carbocycles. The Bertz CT molecular complexity index is 1430. The fourth-order valence-corrected chi connectivity index (χ4v) is 5.09. The zero-order valence-electron chi connectivity index (χ0n) is 19.1. The number of halogens is 1. The highest BCUT2D eigenvalue weighted by Crippen LogP contribution is 2.10. The molecule has 2 heterocycles. The first-order valence-electron chi connectivity index (χ1n) is 11.1. The van der Waals surface area contributed by atoms with Crippen LogP contribution in [0.4, 0.5) is 4.39 Å². The zero-order chi connectivity index (χ0) is 24.2. The Balaban J connectivity index is 1.92. The van der Waals surface area contributed by atoms with Crippen molar-refractivity contribution in [2.24, 2.45) is 0 Å². The number of carbonyl (C=O) groups excluding carboxylic acids is 1. The van der Waals surface area contributed by atoms with Gasteiger partial charge in [-0.05, 0) is 49.4 Å². The van der Waals surface area contributed by atoms with Gasteiger partial charge in [-0.25, -0.2) is 4.39 Å². The highest BCUT2D eigenvalue weighted by molar-refractivity contribution is 7.07. The van der Waals surface area contributed by atoms with Crippen LogP contribution in [0.3, 0.4) is 0 Å². The second kappa shape index (κ2) is 10.2. The summed E-state index contributed by atoms with van der Waals surface area (Å²) in [5.41, 5.74) is 1.86. The highest BCUT2D eigenvalue weighted by Gasteiger charge is 2.25. The fraction of sp³-hybridized carbons (Fsp3) is 0.269. The van der Waals surface area contributed by atoms with Crippen molar-refractivity contribution < 1.29 is 9.18 Å². The monoisotopic (exact) mass is 476 g/mol. The van der Waals surface area contributed by atoms with E-state index in [4.69, 9.17) is 0 Å².